The largest absolute Gasteiger partial charge is 0.383 e. The molecule has 2 N–H and O–H groups in total. The predicted octanol–water partition coefficient (Wildman–Crippen LogP) is 5.33. The van der Waals surface area contributed by atoms with E-state index in [2.05, 4.69) is 94.3 Å². The molecule has 0 aliphatic rings. The lowest BCUT2D eigenvalue weighted by Gasteiger charge is -2.20. The standard InChI is InChI=1S/C23H22BrN5/c1-14(29(2)3)15-7-9-16(10-8-15)20-12-19(17-5-4-6-18(24)11-17)21-22(25)26-13-27-23(21)28-20/h4-14H,1-3H3,(H2,25,26,27,28). The monoisotopic (exact) mass is 447 g/mol. The van der Waals surface area contributed by atoms with Crippen LogP contribution in [0.3, 0.4) is 0 Å². The first-order chi connectivity index (χ1) is 13.9. The minimum absolute atomic E-state index is 0.346. The first-order valence-corrected chi connectivity index (χ1v) is 10.2. The van der Waals surface area contributed by atoms with Crippen molar-refractivity contribution in [2.45, 2.75) is 13.0 Å². The van der Waals surface area contributed by atoms with Crippen LogP contribution in [0.5, 0.6) is 0 Å². The molecule has 1 atom stereocenters. The van der Waals surface area contributed by atoms with Gasteiger partial charge < -0.3 is 10.6 Å². The Kier molecular flexibility index (Phi) is 5.30. The molecule has 2 aromatic carbocycles. The van der Waals surface area contributed by atoms with Gasteiger partial charge in [0.2, 0.25) is 0 Å². The lowest BCUT2D eigenvalue weighted by Crippen LogP contribution is -2.16. The van der Waals surface area contributed by atoms with Gasteiger partial charge in [-0.2, -0.15) is 0 Å². The van der Waals surface area contributed by atoms with E-state index in [1.54, 1.807) is 0 Å². The Hall–Kier alpha value is -2.83. The van der Waals surface area contributed by atoms with Gasteiger partial charge in [0.15, 0.2) is 5.65 Å². The van der Waals surface area contributed by atoms with E-state index in [0.29, 0.717) is 17.5 Å². The first kappa shape index (κ1) is 19.5. The van der Waals surface area contributed by atoms with Gasteiger partial charge in [-0.3, -0.25) is 0 Å². The van der Waals surface area contributed by atoms with Gasteiger partial charge in [-0.05, 0) is 55.9 Å². The quantitative estimate of drug-likeness (QED) is 0.457. The summed E-state index contributed by atoms with van der Waals surface area (Å²) in [5.41, 5.74) is 11.9. The van der Waals surface area contributed by atoms with Gasteiger partial charge in [-0.1, -0.05) is 52.3 Å². The van der Waals surface area contributed by atoms with Crippen LogP contribution < -0.4 is 5.73 Å². The Morgan fingerprint density at radius 3 is 2.41 bits per heavy atom. The summed E-state index contributed by atoms with van der Waals surface area (Å²) < 4.78 is 0.999. The molecule has 0 saturated heterocycles. The fourth-order valence-corrected chi connectivity index (χ4v) is 3.75. The van der Waals surface area contributed by atoms with Crippen LogP contribution in [0.4, 0.5) is 5.82 Å². The maximum absolute atomic E-state index is 6.20. The lowest BCUT2D eigenvalue weighted by atomic mass is 9.98. The maximum Gasteiger partial charge on any atom is 0.165 e. The molecule has 2 heterocycles. The van der Waals surface area contributed by atoms with Crippen LogP contribution in [0, 0.1) is 0 Å². The Morgan fingerprint density at radius 1 is 0.966 bits per heavy atom. The maximum atomic E-state index is 6.20. The van der Waals surface area contributed by atoms with Crippen molar-refractivity contribution < 1.29 is 0 Å². The number of pyridine rings is 1. The van der Waals surface area contributed by atoms with E-state index in [0.717, 1.165) is 32.2 Å². The normalized spacial score (nSPS) is 12.4. The van der Waals surface area contributed by atoms with Crippen molar-refractivity contribution in [1.29, 1.82) is 0 Å². The molecule has 0 bridgehead atoms. The van der Waals surface area contributed by atoms with Crippen molar-refractivity contribution in [3.8, 4) is 22.4 Å². The van der Waals surface area contributed by atoms with E-state index in [-0.39, 0.29) is 0 Å². The molecule has 0 fully saturated rings. The second kappa shape index (κ2) is 7.89. The van der Waals surface area contributed by atoms with Gasteiger partial charge in [-0.15, -0.1) is 0 Å². The first-order valence-electron chi connectivity index (χ1n) is 9.38. The second-order valence-electron chi connectivity index (χ2n) is 7.28. The molecular weight excluding hydrogens is 426 g/mol. The fraction of sp³-hybridized carbons (Fsp3) is 0.174. The van der Waals surface area contributed by atoms with Crippen molar-refractivity contribution in [2.75, 3.05) is 19.8 Å². The summed E-state index contributed by atoms with van der Waals surface area (Å²) in [7, 11) is 4.16. The highest BCUT2D eigenvalue weighted by atomic mass is 79.9. The van der Waals surface area contributed by atoms with Crippen molar-refractivity contribution in [3.05, 3.63) is 71.0 Å². The SMILES string of the molecule is CC(c1ccc(-c2cc(-c3cccc(Br)c3)c3c(N)ncnc3n2)cc1)N(C)C. The molecular formula is C23H22BrN5. The molecule has 4 rings (SSSR count). The van der Waals surface area contributed by atoms with Crippen LogP contribution in [0.25, 0.3) is 33.4 Å². The molecule has 0 saturated carbocycles. The molecule has 0 amide bonds. The third-order valence-corrected chi connectivity index (χ3v) is 5.73. The highest BCUT2D eigenvalue weighted by Gasteiger charge is 2.14. The number of hydrogen-bond donors (Lipinski definition) is 1. The number of rotatable bonds is 4. The van der Waals surface area contributed by atoms with Crippen LogP contribution in [0.15, 0.2) is 65.4 Å². The number of nitrogen functional groups attached to an aromatic ring is 1. The Labute approximate surface area is 178 Å². The van der Waals surface area contributed by atoms with E-state index in [9.17, 15) is 0 Å². The summed E-state index contributed by atoms with van der Waals surface area (Å²) in [6.07, 6.45) is 1.46. The van der Waals surface area contributed by atoms with Crippen LogP contribution in [-0.2, 0) is 0 Å². The molecule has 0 aliphatic carbocycles. The fourth-order valence-electron chi connectivity index (χ4n) is 3.35. The summed E-state index contributed by atoms with van der Waals surface area (Å²) in [5.74, 6) is 0.430. The topological polar surface area (TPSA) is 67.9 Å². The van der Waals surface area contributed by atoms with Gasteiger partial charge in [0.05, 0.1) is 11.1 Å². The summed E-state index contributed by atoms with van der Waals surface area (Å²) in [5, 5.41) is 0.771. The summed E-state index contributed by atoms with van der Waals surface area (Å²) >= 11 is 3.56. The van der Waals surface area contributed by atoms with E-state index in [1.807, 2.05) is 12.1 Å². The summed E-state index contributed by atoms with van der Waals surface area (Å²) in [6, 6.07) is 19.0. The minimum atomic E-state index is 0.346. The second-order valence-corrected chi connectivity index (χ2v) is 8.20. The van der Waals surface area contributed by atoms with Gasteiger partial charge in [0.25, 0.3) is 0 Å². The Morgan fingerprint density at radius 2 is 1.72 bits per heavy atom. The Balaban J connectivity index is 1.88. The van der Waals surface area contributed by atoms with Gasteiger partial charge in [-0.25, -0.2) is 15.0 Å². The molecule has 6 heteroatoms. The summed E-state index contributed by atoms with van der Waals surface area (Å²) in [6.45, 7) is 2.19. The number of hydrogen-bond acceptors (Lipinski definition) is 5. The number of aromatic nitrogens is 3. The molecule has 2 aromatic heterocycles. The molecule has 4 aromatic rings. The highest BCUT2D eigenvalue weighted by molar-refractivity contribution is 9.10. The molecule has 5 nitrogen and oxygen atoms in total. The smallest absolute Gasteiger partial charge is 0.165 e. The zero-order chi connectivity index (χ0) is 20.5. The average Bonchev–Trinajstić information content (AvgIpc) is 2.72. The number of nitrogens with zero attached hydrogens (tertiary/aromatic N) is 4. The molecule has 0 spiro atoms. The van der Waals surface area contributed by atoms with E-state index in [1.165, 1.54) is 11.9 Å². The average molecular weight is 448 g/mol. The van der Waals surface area contributed by atoms with E-state index >= 15 is 0 Å². The molecule has 29 heavy (non-hydrogen) atoms. The van der Waals surface area contributed by atoms with Crippen LogP contribution in [0.1, 0.15) is 18.5 Å². The predicted molar refractivity (Wildman–Crippen MR) is 122 cm³/mol. The van der Waals surface area contributed by atoms with Crippen molar-refractivity contribution in [1.82, 2.24) is 19.9 Å². The number of anilines is 1. The van der Waals surface area contributed by atoms with Crippen molar-refractivity contribution in [2.24, 2.45) is 0 Å². The van der Waals surface area contributed by atoms with Crippen LogP contribution in [0.2, 0.25) is 0 Å². The van der Waals surface area contributed by atoms with Crippen molar-refractivity contribution in [3.63, 3.8) is 0 Å². The number of nitrogens with two attached hydrogens (primary N) is 1. The highest BCUT2D eigenvalue weighted by Crippen LogP contribution is 2.35. The minimum Gasteiger partial charge on any atom is -0.383 e. The van der Waals surface area contributed by atoms with E-state index < -0.39 is 0 Å². The third-order valence-electron chi connectivity index (χ3n) is 5.23. The lowest BCUT2D eigenvalue weighted by molar-refractivity contribution is 0.321. The molecule has 1 unspecified atom stereocenters. The third kappa shape index (κ3) is 3.86. The number of fused-ring (bicyclic) bond motifs is 1. The Bertz CT molecular complexity index is 1170. The van der Waals surface area contributed by atoms with Crippen molar-refractivity contribution >= 4 is 32.8 Å². The summed E-state index contributed by atoms with van der Waals surface area (Å²) in [4.78, 5) is 15.5. The number of halogens is 1. The van der Waals surface area contributed by atoms with Gasteiger partial charge >= 0.3 is 0 Å². The zero-order valence-electron chi connectivity index (χ0n) is 16.6. The zero-order valence-corrected chi connectivity index (χ0v) is 18.2. The molecule has 146 valence electrons. The van der Waals surface area contributed by atoms with E-state index in [4.69, 9.17) is 10.7 Å². The molecule has 0 aliphatic heterocycles. The number of benzene rings is 2. The van der Waals surface area contributed by atoms with Crippen LogP contribution >= 0.6 is 15.9 Å². The van der Waals surface area contributed by atoms with Gasteiger partial charge in [0.1, 0.15) is 12.1 Å². The molecule has 0 radical (unpaired) electrons. The van der Waals surface area contributed by atoms with Gasteiger partial charge in [0, 0.05) is 16.1 Å². The van der Waals surface area contributed by atoms with Crippen LogP contribution in [-0.4, -0.2) is 33.9 Å².